The molecule has 2 rings (SSSR count). The van der Waals surface area contributed by atoms with Crippen LogP contribution in [0.25, 0.3) is 11.1 Å². The minimum atomic E-state index is -4.76. The predicted molar refractivity (Wildman–Crippen MR) is 135 cm³/mol. The van der Waals surface area contributed by atoms with Crippen molar-refractivity contribution < 1.29 is 27.4 Å². The van der Waals surface area contributed by atoms with Crippen LogP contribution in [0.2, 0.25) is 0 Å². The van der Waals surface area contributed by atoms with Gasteiger partial charge in [-0.2, -0.15) is 0 Å². The second-order valence-electron chi connectivity index (χ2n) is 9.35. The number of unbranched alkanes of at least 4 members (excludes halogenated alkanes) is 3. The third-order valence-corrected chi connectivity index (χ3v) is 7.23. The molecule has 0 fully saturated rings. The summed E-state index contributed by atoms with van der Waals surface area (Å²) >= 11 is 1.33. The largest absolute Gasteiger partial charge is 0.522 e. The van der Waals surface area contributed by atoms with E-state index in [9.17, 15) is 22.8 Å². The van der Waals surface area contributed by atoms with Gasteiger partial charge < -0.3 is 4.74 Å². The lowest BCUT2D eigenvalue weighted by atomic mass is 9.81. The van der Waals surface area contributed by atoms with Gasteiger partial charge in [0.25, 0.3) is 5.56 Å². The molecule has 36 heavy (non-hydrogen) atoms. The summed E-state index contributed by atoms with van der Waals surface area (Å²) in [5, 5.41) is 0.357. The van der Waals surface area contributed by atoms with Gasteiger partial charge in [0.05, 0.1) is 30.7 Å². The van der Waals surface area contributed by atoms with E-state index in [0.29, 0.717) is 28.6 Å². The van der Waals surface area contributed by atoms with Crippen LogP contribution in [0.15, 0.2) is 46.5 Å². The van der Waals surface area contributed by atoms with Gasteiger partial charge in [0.1, 0.15) is 0 Å². The minimum Gasteiger partial charge on any atom is -0.465 e. The minimum absolute atomic E-state index is 0.189. The number of hydrogen-bond acceptors (Lipinski definition) is 6. The Bertz CT molecular complexity index is 1020. The van der Waals surface area contributed by atoms with E-state index < -0.39 is 23.9 Å². The smallest absolute Gasteiger partial charge is 0.465 e. The Balaban J connectivity index is 1.89. The summed E-state index contributed by atoms with van der Waals surface area (Å²) in [4.78, 5) is 29.6. The normalized spacial score (nSPS) is 12.2. The van der Waals surface area contributed by atoms with Gasteiger partial charge in [-0.05, 0) is 38.2 Å². The highest BCUT2D eigenvalue weighted by atomic mass is 32.2. The number of rotatable bonds is 14. The molecule has 0 aliphatic heterocycles. The molecule has 0 aliphatic carbocycles. The second kappa shape index (κ2) is 13.8. The van der Waals surface area contributed by atoms with Crippen LogP contribution in [0.3, 0.4) is 0 Å². The highest BCUT2D eigenvalue weighted by Gasteiger charge is 2.32. The number of esters is 1. The third-order valence-electron chi connectivity index (χ3n) is 6.15. The Hall–Kier alpha value is -2.33. The van der Waals surface area contributed by atoms with Gasteiger partial charge in [-0.15, -0.1) is 13.2 Å². The molecule has 0 spiro atoms. The molecule has 0 saturated heterocycles. The van der Waals surface area contributed by atoms with Gasteiger partial charge >= 0.3 is 12.3 Å². The average molecular weight is 529 g/mol. The monoisotopic (exact) mass is 528 g/mol. The molecule has 0 N–H and O–H groups in total. The fourth-order valence-electron chi connectivity index (χ4n) is 3.17. The molecule has 1 heterocycles. The number of alkyl halides is 3. The Kier molecular flexibility index (Phi) is 11.5. The Morgan fingerprint density at radius 2 is 1.72 bits per heavy atom. The van der Waals surface area contributed by atoms with E-state index in [1.807, 2.05) is 33.8 Å². The van der Waals surface area contributed by atoms with E-state index in [0.717, 1.165) is 25.7 Å². The number of benzene rings is 1. The van der Waals surface area contributed by atoms with Crippen LogP contribution in [-0.2, 0) is 20.8 Å². The maximum absolute atomic E-state index is 13.1. The Morgan fingerprint density at radius 1 is 1.06 bits per heavy atom. The summed E-state index contributed by atoms with van der Waals surface area (Å²) in [5.41, 5.74) is 0.0490. The number of thioether (sulfide) groups is 1. The number of nitrogens with zero attached hydrogens (tertiary/aromatic N) is 2. The van der Waals surface area contributed by atoms with Crippen molar-refractivity contribution >= 4 is 17.7 Å². The number of hydrogen-bond donors (Lipinski definition) is 0. The topological polar surface area (TPSA) is 70.4 Å². The first-order valence-corrected chi connectivity index (χ1v) is 13.1. The number of ether oxygens (including phenoxy) is 2. The maximum Gasteiger partial charge on any atom is 0.522 e. The molecular weight excluding hydrogens is 493 g/mol. The van der Waals surface area contributed by atoms with E-state index in [1.54, 1.807) is 24.3 Å². The van der Waals surface area contributed by atoms with Crippen molar-refractivity contribution in [2.75, 3.05) is 19.0 Å². The van der Waals surface area contributed by atoms with Gasteiger partial charge in [-0.3, -0.25) is 18.9 Å². The molecule has 10 heteroatoms. The summed E-state index contributed by atoms with van der Waals surface area (Å²) in [6, 6.07) is 8.88. The van der Waals surface area contributed by atoms with Crippen molar-refractivity contribution in [1.29, 1.82) is 0 Å². The second-order valence-corrected chi connectivity index (χ2v) is 10.4. The molecular formula is C26H35F3N2O4S. The summed E-state index contributed by atoms with van der Waals surface area (Å²) in [6.45, 7) is 7.19. The molecule has 0 atom stereocenters. The van der Waals surface area contributed by atoms with Crippen molar-refractivity contribution in [1.82, 2.24) is 9.55 Å². The van der Waals surface area contributed by atoms with Crippen molar-refractivity contribution in [2.45, 2.75) is 71.4 Å². The lowest BCUT2D eigenvalue weighted by Crippen LogP contribution is -2.32. The van der Waals surface area contributed by atoms with Crippen LogP contribution >= 0.6 is 11.8 Å². The summed E-state index contributed by atoms with van der Waals surface area (Å²) in [5.74, 6) is 0.651. The SMILES string of the molecule is CC(C)C(C)(C)C(=O)OCCCCCCSc1ncc(-c2ccccc2)c(=O)n1CCOC(F)(F)F. The van der Waals surface area contributed by atoms with Crippen LogP contribution in [0, 0.1) is 11.3 Å². The van der Waals surface area contributed by atoms with Gasteiger partial charge in [-0.1, -0.05) is 68.8 Å². The first kappa shape index (κ1) is 29.9. The van der Waals surface area contributed by atoms with Gasteiger partial charge in [0.15, 0.2) is 5.16 Å². The number of aromatic nitrogens is 2. The van der Waals surface area contributed by atoms with Gasteiger partial charge in [0.2, 0.25) is 0 Å². The molecule has 0 radical (unpaired) electrons. The zero-order chi connectivity index (χ0) is 26.8. The molecule has 6 nitrogen and oxygen atoms in total. The van der Waals surface area contributed by atoms with E-state index in [-0.39, 0.29) is 18.4 Å². The molecule has 0 unspecified atom stereocenters. The number of carbonyl (C=O) groups is 1. The van der Waals surface area contributed by atoms with E-state index in [4.69, 9.17) is 4.74 Å². The van der Waals surface area contributed by atoms with Crippen LogP contribution in [-0.4, -0.2) is 40.8 Å². The Labute approximate surface area is 214 Å². The molecule has 1 aromatic heterocycles. The lowest BCUT2D eigenvalue weighted by Gasteiger charge is -2.26. The molecule has 0 aliphatic rings. The maximum atomic E-state index is 13.1. The third kappa shape index (κ3) is 9.28. The van der Waals surface area contributed by atoms with E-state index in [2.05, 4.69) is 9.72 Å². The first-order chi connectivity index (χ1) is 16.9. The van der Waals surface area contributed by atoms with E-state index in [1.165, 1.54) is 22.5 Å². The standard InChI is InChI=1S/C26H35F3N2O4S/c1-19(2)25(3,4)23(33)34-15-10-5-6-11-17-36-24-30-18-21(20-12-8-7-9-13-20)22(32)31(24)14-16-35-26(27,28)29/h7-9,12-13,18-19H,5-6,10-11,14-17H2,1-4H3. The highest BCUT2D eigenvalue weighted by Crippen LogP contribution is 2.27. The molecule has 0 bridgehead atoms. The van der Waals surface area contributed by atoms with Crippen LogP contribution in [0.1, 0.15) is 53.4 Å². The molecule has 200 valence electrons. The van der Waals surface area contributed by atoms with Crippen molar-refractivity contribution in [3.05, 3.63) is 46.9 Å². The molecule has 0 amide bonds. The fourth-order valence-corrected chi connectivity index (χ4v) is 4.15. The van der Waals surface area contributed by atoms with E-state index >= 15 is 0 Å². The molecule has 1 aromatic carbocycles. The summed E-state index contributed by atoms with van der Waals surface area (Å²) < 4.78 is 47.9. The molecule has 2 aromatic rings. The van der Waals surface area contributed by atoms with Crippen LogP contribution in [0.4, 0.5) is 13.2 Å². The quantitative estimate of drug-likeness (QED) is 0.124. The highest BCUT2D eigenvalue weighted by molar-refractivity contribution is 7.99. The van der Waals surface area contributed by atoms with Crippen LogP contribution in [0.5, 0.6) is 0 Å². The van der Waals surface area contributed by atoms with Gasteiger partial charge in [-0.25, -0.2) is 4.98 Å². The van der Waals surface area contributed by atoms with Crippen molar-refractivity contribution in [2.24, 2.45) is 11.3 Å². The van der Waals surface area contributed by atoms with Crippen molar-refractivity contribution in [3.63, 3.8) is 0 Å². The van der Waals surface area contributed by atoms with Crippen LogP contribution < -0.4 is 5.56 Å². The lowest BCUT2D eigenvalue weighted by molar-refractivity contribution is -0.325. The van der Waals surface area contributed by atoms with Gasteiger partial charge in [0, 0.05) is 11.9 Å². The fraction of sp³-hybridized carbons (Fsp3) is 0.577. The van der Waals surface area contributed by atoms with Crippen molar-refractivity contribution in [3.8, 4) is 11.1 Å². The zero-order valence-electron chi connectivity index (χ0n) is 21.3. The summed E-state index contributed by atoms with van der Waals surface area (Å²) in [6.07, 6.45) is 0.0537. The number of halogens is 3. The predicted octanol–water partition coefficient (Wildman–Crippen LogP) is 6.32. The zero-order valence-corrected chi connectivity index (χ0v) is 22.1. The first-order valence-electron chi connectivity index (χ1n) is 12.1. The molecule has 0 saturated carbocycles. The Morgan fingerprint density at radius 3 is 2.36 bits per heavy atom. The average Bonchev–Trinajstić information content (AvgIpc) is 2.81. The number of carbonyl (C=O) groups excluding carboxylic acids is 1. The summed E-state index contributed by atoms with van der Waals surface area (Å²) in [7, 11) is 0.